The molecule has 1 aromatic heterocycles. The minimum absolute atomic E-state index is 0.594. The van der Waals surface area contributed by atoms with Crippen LogP contribution in [0.1, 0.15) is 43.4 Å². The summed E-state index contributed by atoms with van der Waals surface area (Å²) in [6, 6.07) is 2.79. The average Bonchev–Trinajstić information content (AvgIpc) is 2.46. The van der Waals surface area contributed by atoms with Crippen LogP contribution in [0.3, 0.4) is 0 Å². The molecule has 0 spiro atoms. The predicted octanol–water partition coefficient (Wildman–Crippen LogP) is 1.91. The maximum absolute atomic E-state index is 4.35. The van der Waals surface area contributed by atoms with Gasteiger partial charge in [-0.1, -0.05) is 6.42 Å². The zero-order valence-corrected chi connectivity index (χ0v) is 10.9. The second-order valence-electron chi connectivity index (χ2n) is 5.44. The van der Waals surface area contributed by atoms with Crippen molar-refractivity contribution in [3.05, 3.63) is 17.3 Å². The molecule has 1 saturated heterocycles. The monoisotopic (exact) mass is 246 g/mol. The zero-order chi connectivity index (χ0) is 12.2. The van der Waals surface area contributed by atoms with E-state index in [2.05, 4.69) is 26.9 Å². The highest BCUT2D eigenvalue weighted by Crippen LogP contribution is 2.20. The summed E-state index contributed by atoms with van der Waals surface area (Å²) >= 11 is 0. The van der Waals surface area contributed by atoms with E-state index in [9.17, 15) is 0 Å². The first-order valence-electron chi connectivity index (χ1n) is 7.24. The molecule has 1 aliphatic heterocycles. The van der Waals surface area contributed by atoms with Crippen LogP contribution in [-0.2, 0) is 12.8 Å². The summed E-state index contributed by atoms with van der Waals surface area (Å²) in [5, 5.41) is 15.6. The van der Waals surface area contributed by atoms with Gasteiger partial charge in [0.2, 0.25) is 0 Å². The lowest BCUT2D eigenvalue weighted by Gasteiger charge is -2.24. The van der Waals surface area contributed by atoms with E-state index in [0.29, 0.717) is 6.04 Å². The van der Waals surface area contributed by atoms with Gasteiger partial charge < -0.3 is 10.6 Å². The van der Waals surface area contributed by atoms with Crippen molar-refractivity contribution >= 4 is 5.82 Å². The lowest BCUT2D eigenvalue weighted by atomic mass is 9.97. The van der Waals surface area contributed by atoms with Gasteiger partial charge in [-0.25, -0.2) is 0 Å². The first-order chi connectivity index (χ1) is 8.92. The molecule has 18 heavy (non-hydrogen) atoms. The molecule has 1 atom stereocenters. The van der Waals surface area contributed by atoms with Crippen molar-refractivity contribution < 1.29 is 0 Å². The van der Waals surface area contributed by atoms with E-state index in [0.717, 1.165) is 25.3 Å². The highest BCUT2D eigenvalue weighted by Gasteiger charge is 2.14. The number of aryl methyl sites for hydroxylation is 2. The number of aromatic nitrogens is 2. The van der Waals surface area contributed by atoms with E-state index in [4.69, 9.17) is 0 Å². The molecule has 0 bridgehead atoms. The molecular formula is C14H22N4. The SMILES string of the molecule is c1c(NCC2CCCCN2)nnc2c1CCCC2. The van der Waals surface area contributed by atoms with Crippen molar-refractivity contribution in [2.75, 3.05) is 18.4 Å². The highest BCUT2D eigenvalue weighted by atomic mass is 15.2. The van der Waals surface area contributed by atoms with Gasteiger partial charge in [-0.2, -0.15) is 5.10 Å². The first kappa shape index (κ1) is 11.9. The highest BCUT2D eigenvalue weighted by molar-refractivity contribution is 5.39. The Balaban J connectivity index is 1.58. The van der Waals surface area contributed by atoms with Crippen LogP contribution in [0, 0.1) is 0 Å². The minimum atomic E-state index is 0.594. The molecule has 1 fully saturated rings. The maximum atomic E-state index is 4.35. The molecular weight excluding hydrogens is 224 g/mol. The summed E-state index contributed by atoms with van der Waals surface area (Å²) in [6.45, 7) is 2.12. The smallest absolute Gasteiger partial charge is 0.148 e. The Morgan fingerprint density at radius 2 is 2.11 bits per heavy atom. The summed E-state index contributed by atoms with van der Waals surface area (Å²) in [5.41, 5.74) is 2.61. The van der Waals surface area contributed by atoms with Crippen molar-refractivity contribution in [2.24, 2.45) is 0 Å². The molecule has 98 valence electrons. The van der Waals surface area contributed by atoms with Gasteiger partial charge >= 0.3 is 0 Å². The Kier molecular flexibility index (Phi) is 3.74. The van der Waals surface area contributed by atoms with Crippen LogP contribution in [-0.4, -0.2) is 29.3 Å². The molecule has 1 aliphatic carbocycles. The fraction of sp³-hybridized carbons (Fsp3) is 0.714. The van der Waals surface area contributed by atoms with Gasteiger partial charge in [0, 0.05) is 12.6 Å². The molecule has 4 nitrogen and oxygen atoms in total. The quantitative estimate of drug-likeness (QED) is 0.855. The molecule has 0 amide bonds. The van der Waals surface area contributed by atoms with Crippen LogP contribution < -0.4 is 10.6 Å². The largest absolute Gasteiger partial charge is 0.367 e. The van der Waals surface area contributed by atoms with Crippen LogP contribution in [0.15, 0.2) is 6.07 Å². The molecule has 4 heteroatoms. The van der Waals surface area contributed by atoms with Crippen LogP contribution in [0.25, 0.3) is 0 Å². The van der Waals surface area contributed by atoms with E-state index in [1.165, 1.54) is 49.8 Å². The van der Waals surface area contributed by atoms with Crippen LogP contribution in [0.5, 0.6) is 0 Å². The normalized spacial score (nSPS) is 23.4. The number of nitrogens with one attached hydrogen (secondary N) is 2. The van der Waals surface area contributed by atoms with Gasteiger partial charge in [-0.3, -0.25) is 0 Å². The van der Waals surface area contributed by atoms with Crippen LogP contribution in [0.2, 0.25) is 0 Å². The molecule has 3 rings (SSSR count). The summed E-state index contributed by atoms with van der Waals surface area (Å²) in [7, 11) is 0. The van der Waals surface area contributed by atoms with Crippen molar-refractivity contribution in [1.82, 2.24) is 15.5 Å². The fourth-order valence-corrected chi connectivity index (χ4v) is 2.90. The number of rotatable bonds is 3. The van der Waals surface area contributed by atoms with Gasteiger partial charge in [-0.15, -0.1) is 5.10 Å². The van der Waals surface area contributed by atoms with Crippen molar-refractivity contribution in [3.8, 4) is 0 Å². The van der Waals surface area contributed by atoms with Crippen molar-refractivity contribution in [2.45, 2.75) is 51.0 Å². The van der Waals surface area contributed by atoms with Gasteiger partial charge in [-0.05, 0) is 56.7 Å². The van der Waals surface area contributed by atoms with E-state index >= 15 is 0 Å². The van der Waals surface area contributed by atoms with E-state index in [1.54, 1.807) is 0 Å². The molecule has 0 saturated carbocycles. The lowest BCUT2D eigenvalue weighted by Crippen LogP contribution is -2.39. The van der Waals surface area contributed by atoms with Gasteiger partial charge in [0.15, 0.2) is 0 Å². The molecule has 2 heterocycles. The topological polar surface area (TPSA) is 49.8 Å². The molecule has 0 radical (unpaired) electrons. The molecule has 1 aromatic rings. The van der Waals surface area contributed by atoms with E-state index in [1.807, 2.05) is 0 Å². The summed E-state index contributed by atoms with van der Waals surface area (Å²) in [5.74, 6) is 0.947. The summed E-state index contributed by atoms with van der Waals surface area (Å²) < 4.78 is 0. The van der Waals surface area contributed by atoms with Gasteiger partial charge in [0.1, 0.15) is 5.82 Å². The number of fused-ring (bicyclic) bond motifs is 1. The van der Waals surface area contributed by atoms with E-state index < -0.39 is 0 Å². The third kappa shape index (κ3) is 2.80. The molecule has 2 N–H and O–H groups in total. The molecule has 1 unspecified atom stereocenters. The lowest BCUT2D eigenvalue weighted by molar-refractivity contribution is 0.414. The standard InChI is InChI=1S/C14H22N4/c1-2-7-13-11(5-1)9-14(18-17-13)16-10-12-6-3-4-8-15-12/h9,12,15H,1-8,10H2,(H,16,18). The fourth-order valence-electron chi connectivity index (χ4n) is 2.90. The maximum Gasteiger partial charge on any atom is 0.148 e. The third-order valence-corrected chi connectivity index (χ3v) is 4.01. The Hall–Kier alpha value is -1.16. The Bertz CT molecular complexity index is 399. The number of nitrogens with zero attached hydrogens (tertiary/aromatic N) is 2. The van der Waals surface area contributed by atoms with Crippen molar-refractivity contribution in [1.29, 1.82) is 0 Å². The third-order valence-electron chi connectivity index (χ3n) is 4.01. The Morgan fingerprint density at radius 1 is 1.17 bits per heavy atom. The van der Waals surface area contributed by atoms with Gasteiger partial charge in [0.25, 0.3) is 0 Å². The number of piperidine rings is 1. The summed E-state index contributed by atoms with van der Waals surface area (Å²) in [4.78, 5) is 0. The van der Waals surface area contributed by atoms with Crippen LogP contribution in [0.4, 0.5) is 5.82 Å². The zero-order valence-electron chi connectivity index (χ0n) is 10.9. The van der Waals surface area contributed by atoms with Crippen molar-refractivity contribution in [3.63, 3.8) is 0 Å². The van der Waals surface area contributed by atoms with E-state index in [-0.39, 0.29) is 0 Å². The Labute approximate surface area is 109 Å². The number of hydrogen-bond donors (Lipinski definition) is 2. The number of hydrogen-bond acceptors (Lipinski definition) is 4. The second kappa shape index (κ2) is 5.65. The minimum Gasteiger partial charge on any atom is -0.367 e. The molecule has 2 aliphatic rings. The predicted molar refractivity (Wildman–Crippen MR) is 72.8 cm³/mol. The van der Waals surface area contributed by atoms with Gasteiger partial charge in [0.05, 0.1) is 5.69 Å². The Morgan fingerprint density at radius 3 is 3.00 bits per heavy atom. The molecule has 0 aromatic carbocycles. The summed E-state index contributed by atoms with van der Waals surface area (Å²) in [6.07, 6.45) is 8.76. The first-order valence-corrected chi connectivity index (χ1v) is 7.24. The second-order valence-corrected chi connectivity index (χ2v) is 5.44. The number of anilines is 1. The average molecular weight is 246 g/mol. The van der Waals surface area contributed by atoms with Crippen LogP contribution >= 0.6 is 0 Å².